The topological polar surface area (TPSA) is 47.4 Å². The van der Waals surface area contributed by atoms with Crippen molar-refractivity contribution in [3.8, 4) is 5.75 Å². The SMILES string of the molecule is Cc1cc(C(F)=Cc2ccc(OC(F)(F)F)cc2)nn1Cc1cccc(C(=O)N2CCCC2)c1. The number of amides is 1. The summed E-state index contributed by atoms with van der Waals surface area (Å²) in [5, 5.41) is 4.32. The van der Waals surface area contributed by atoms with Gasteiger partial charge in [0.25, 0.3) is 5.91 Å². The molecule has 2 heterocycles. The maximum Gasteiger partial charge on any atom is 0.573 e. The summed E-state index contributed by atoms with van der Waals surface area (Å²) in [5.41, 5.74) is 2.69. The molecule has 0 saturated carbocycles. The van der Waals surface area contributed by atoms with E-state index in [9.17, 15) is 22.4 Å². The van der Waals surface area contributed by atoms with E-state index in [2.05, 4.69) is 9.84 Å². The number of likely N-dealkylation sites (tertiary alicyclic amines) is 1. The van der Waals surface area contributed by atoms with E-state index < -0.39 is 12.2 Å². The van der Waals surface area contributed by atoms with Gasteiger partial charge in [-0.2, -0.15) is 5.10 Å². The van der Waals surface area contributed by atoms with Crippen molar-refractivity contribution in [3.63, 3.8) is 0 Å². The monoisotopic (exact) mass is 473 g/mol. The van der Waals surface area contributed by atoms with Gasteiger partial charge in [0.2, 0.25) is 0 Å². The van der Waals surface area contributed by atoms with Crippen molar-refractivity contribution in [1.82, 2.24) is 14.7 Å². The summed E-state index contributed by atoms with van der Waals surface area (Å²) >= 11 is 0. The average Bonchev–Trinajstić information content (AvgIpc) is 3.44. The number of hydrogen-bond acceptors (Lipinski definition) is 3. The Labute approximate surface area is 194 Å². The number of halogens is 4. The zero-order chi connectivity index (χ0) is 24.3. The lowest BCUT2D eigenvalue weighted by Crippen LogP contribution is -2.27. The predicted octanol–water partition coefficient (Wildman–Crippen LogP) is 5.84. The molecule has 0 N–H and O–H groups in total. The van der Waals surface area contributed by atoms with E-state index in [0.717, 1.165) is 49.3 Å². The van der Waals surface area contributed by atoms with Gasteiger partial charge in [-0.05, 0) is 67.3 Å². The van der Waals surface area contributed by atoms with Gasteiger partial charge in [-0.3, -0.25) is 9.48 Å². The molecule has 1 aromatic heterocycles. The van der Waals surface area contributed by atoms with Crippen LogP contribution in [0.1, 0.15) is 45.7 Å². The number of carbonyl (C=O) groups excluding carboxylic acids is 1. The van der Waals surface area contributed by atoms with E-state index in [4.69, 9.17) is 0 Å². The largest absolute Gasteiger partial charge is 0.573 e. The van der Waals surface area contributed by atoms with E-state index in [0.29, 0.717) is 17.7 Å². The predicted molar refractivity (Wildman–Crippen MR) is 120 cm³/mol. The summed E-state index contributed by atoms with van der Waals surface area (Å²) < 4.78 is 57.1. The first-order chi connectivity index (χ1) is 16.2. The van der Waals surface area contributed by atoms with Crippen molar-refractivity contribution in [3.05, 3.63) is 82.7 Å². The molecular weight excluding hydrogens is 450 g/mol. The molecule has 9 heteroatoms. The minimum atomic E-state index is -4.78. The highest BCUT2D eigenvalue weighted by atomic mass is 19.4. The molecule has 1 amide bonds. The Kier molecular flexibility index (Phi) is 6.72. The molecule has 1 fully saturated rings. The lowest BCUT2D eigenvalue weighted by Gasteiger charge is -2.15. The second-order valence-electron chi connectivity index (χ2n) is 8.14. The summed E-state index contributed by atoms with van der Waals surface area (Å²) in [7, 11) is 0. The van der Waals surface area contributed by atoms with Gasteiger partial charge in [-0.25, -0.2) is 4.39 Å². The molecule has 2 aromatic carbocycles. The second kappa shape index (κ2) is 9.70. The quantitative estimate of drug-likeness (QED) is 0.423. The van der Waals surface area contributed by atoms with E-state index in [1.165, 1.54) is 18.2 Å². The number of benzene rings is 2. The number of aryl methyl sites for hydroxylation is 1. The highest BCUT2D eigenvalue weighted by Crippen LogP contribution is 2.25. The molecule has 1 aliphatic heterocycles. The molecular formula is C25H23F4N3O2. The first-order valence-corrected chi connectivity index (χ1v) is 10.8. The van der Waals surface area contributed by atoms with Crippen molar-refractivity contribution in [2.75, 3.05) is 13.1 Å². The second-order valence-corrected chi connectivity index (χ2v) is 8.14. The molecule has 1 saturated heterocycles. The Hall–Kier alpha value is -3.62. The summed E-state index contributed by atoms with van der Waals surface area (Å²) in [4.78, 5) is 14.5. The van der Waals surface area contributed by atoms with E-state index in [1.807, 2.05) is 23.1 Å². The van der Waals surface area contributed by atoms with E-state index in [1.54, 1.807) is 23.7 Å². The molecule has 0 atom stereocenters. The van der Waals surface area contributed by atoms with Crippen LogP contribution in [0.15, 0.2) is 54.6 Å². The number of nitrogens with zero attached hydrogens (tertiary/aromatic N) is 3. The number of hydrogen-bond donors (Lipinski definition) is 0. The lowest BCUT2D eigenvalue weighted by atomic mass is 10.1. The summed E-state index contributed by atoms with van der Waals surface area (Å²) in [6, 6.07) is 13.8. The van der Waals surface area contributed by atoms with Crippen molar-refractivity contribution < 1.29 is 27.1 Å². The van der Waals surface area contributed by atoms with Gasteiger partial charge >= 0.3 is 6.36 Å². The number of rotatable bonds is 6. The van der Waals surface area contributed by atoms with Crippen LogP contribution in [0.25, 0.3) is 11.9 Å². The Morgan fingerprint density at radius 2 is 1.79 bits per heavy atom. The van der Waals surface area contributed by atoms with Crippen molar-refractivity contribution in [1.29, 1.82) is 0 Å². The Balaban J connectivity index is 1.47. The molecule has 0 radical (unpaired) electrons. The molecule has 5 nitrogen and oxygen atoms in total. The summed E-state index contributed by atoms with van der Waals surface area (Å²) in [5.74, 6) is -0.988. The fourth-order valence-corrected chi connectivity index (χ4v) is 3.85. The summed E-state index contributed by atoms with van der Waals surface area (Å²) in [6.45, 7) is 3.71. The zero-order valence-electron chi connectivity index (χ0n) is 18.5. The summed E-state index contributed by atoms with van der Waals surface area (Å²) in [6.07, 6.45) is -1.55. The Bertz CT molecular complexity index is 1190. The third-order valence-corrected chi connectivity index (χ3v) is 5.53. The molecule has 178 valence electrons. The highest BCUT2D eigenvalue weighted by Gasteiger charge is 2.31. The van der Waals surface area contributed by atoms with Crippen LogP contribution in [0, 0.1) is 6.92 Å². The standard InChI is InChI=1S/C25H23F4N3O2/c1-17-13-23(22(26)15-18-7-9-21(10-8-18)34-25(27,28)29)30-32(17)16-19-5-4-6-20(14-19)24(33)31-11-2-3-12-31/h4-10,13-15H,2-3,11-12,16H2,1H3. The van der Waals surface area contributed by atoms with Crippen LogP contribution in [-0.2, 0) is 6.54 Å². The van der Waals surface area contributed by atoms with Crippen LogP contribution in [-0.4, -0.2) is 40.0 Å². The molecule has 3 aromatic rings. The van der Waals surface area contributed by atoms with Gasteiger partial charge in [0.15, 0.2) is 5.83 Å². The van der Waals surface area contributed by atoms with Gasteiger partial charge in [-0.1, -0.05) is 24.3 Å². The normalized spacial score (nSPS) is 14.5. The van der Waals surface area contributed by atoms with Gasteiger partial charge < -0.3 is 9.64 Å². The molecule has 34 heavy (non-hydrogen) atoms. The van der Waals surface area contributed by atoms with Crippen LogP contribution in [0.4, 0.5) is 17.6 Å². The molecule has 1 aliphatic rings. The third-order valence-electron chi connectivity index (χ3n) is 5.53. The minimum Gasteiger partial charge on any atom is -0.406 e. The van der Waals surface area contributed by atoms with Crippen LogP contribution in [0.2, 0.25) is 0 Å². The van der Waals surface area contributed by atoms with Crippen LogP contribution in [0.3, 0.4) is 0 Å². The molecule has 0 bridgehead atoms. The average molecular weight is 473 g/mol. The van der Waals surface area contributed by atoms with Crippen molar-refractivity contribution >= 4 is 17.8 Å². The highest BCUT2D eigenvalue weighted by molar-refractivity contribution is 5.94. The Morgan fingerprint density at radius 3 is 2.47 bits per heavy atom. The fourth-order valence-electron chi connectivity index (χ4n) is 3.85. The molecule has 0 spiro atoms. The Morgan fingerprint density at radius 1 is 1.09 bits per heavy atom. The van der Waals surface area contributed by atoms with E-state index in [-0.39, 0.29) is 17.4 Å². The van der Waals surface area contributed by atoms with E-state index >= 15 is 0 Å². The first-order valence-electron chi connectivity index (χ1n) is 10.8. The molecule has 0 unspecified atom stereocenters. The molecule has 0 aliphatic carbocycles. The zero-order valence-corrected chi connectivity index (χ0v) is 18.5. The van der Waals surface area contributed by atoms with Gasteiger partial charge in [0.1, 0.15) is 11.4 Å². The van der Waals surface area contributed by atoms with Gasteiger partial charge in [-0.15, -0.1) is 13.2 Å². The number of aromatic nitrogens is 2. The van der Waals surface area contributed by atoms with Crippen molar-refractivity contribution in [2.45, 2.75) is 32.7 Å². The number of ether oxygens (including phenoxy) is 1. The maximum atomic E-state index is 14.8. The number of alkyl halides is 3. The van der Waals surface area contributed by atoms with Crippen LogP contribution >= 0.6 is 0 Å². The smallest absolute Gasteiger partial charge is 0.406 e. The minimum absolute atomic E-state index is 0.0119. The number of carbonyl (C=O) groups is 1. The van der Waals surface area contributed by atoms with Gasteiger partial charge in [0, 0.05) is 24.3 Å². The van der Waals surface area contributed by atoms with Crippen LogP contribution < -0.4 is 4.74 Å². The van der Waals surface area contributed by atoms with Gasteiger partial charge in [0.05, 0.1) is 6.54 Å². The van der Waals surface area contributed by atoms with Crippen LogP contribution in [0.5, 0.6) is 5.75 Å². The molecule has 4 rings (SSSR count). The maximum absolute atomic E-state index is 14.8. The third kappa shape index (κ3) is 5.84. The fraction of sp³-hybridized carbons (Fsp3) is 0.280. The van der Waals surface area contributed by atoms with Crippen molar-refractivity contribution in [2.24, 2.45) is 0 Å². The lowest BCUT2D eigenvalue weighted by molar-refractivity contribution is -0.274. The first kappa shape index (κ1) is 23.5.